The molecule has 9 nitrogen and oxygen atoms in total. The second-order valence-corrected chi connectivity index (χ2v) is 5.50. The fourth-order valence-electron chi connectivity index (χ4n) is 2.57. The molecule has 0 aliphatic carbocycles. The minimum Gasteiger partial charge on any atom is -0.479 e. The molecule has 0 aliphatic rings. The summed E-state index contributed by atoms with van der Waals surface area (Å²) >= 11 is 0. The average Bonchev–Trinajstić information content (AvgIpc) is 3.03. The van der Waals surface area contributed by atoms with E-state index in [4.69, 9.17) is 21.3 Å². The third-order valence-corrected chi connectivity index (χ3v) is 3.76. The number of carboxylic acid groups (broad SMARTS) is 1. The number of nitrogens with one attached hydrogen (secondary N) is 2. The van der Waals surface area contributed by atoms with E-state index in [1.807, 2.05) is 30.3 Å². The van der Waals surface area contributed by atoms with Crippen molar-refractivity contribution in [3.63, 3.8) is 0 Å². The predicted octanol–water partition coefficient (Wildman–Crippen LogP) is 1.49. The molecule has 7 N–H and O–H groups in total. The molecular weight excluding hydrogens is 336 g/mol. The molecule has 134 valence electrons. The molecule has 1 aromatic heterocycles. The summed E-state index contributed by atoms with van der Waals surface area (Å²) in [7, 11) is 0. The number of carboxylic acids is 1. The number of hydrogen-bond donors (Lipinski definition) is 5. The summed E-state index contributed by atoms with van der Waals surface area (Å²) in [4.78, 5) is 17.5. The third-order valence-electron chi connectivity index (χ3n) is 3.76. The summed E-state index contributed by atoms with van der Waals surface area (Å²) in [5.41, 5.74) is 13.3. The minimum absolute atomic E-state index is 0.160. The molecule has 0 radical (unpaired) electrons. The van der Waals surface area contributed by atoms with Crippen LogP contribution in [0.4, 0.5) is 11.7 Å². The van der Waals surface area contributed by atoms with E-state index in [0.717, 1.165) is 5.69 Å². The molecular formula is C17H18N6O3. The maximum Gasteiger partial charge on any atom is 0.330 e. The SMILES string of the molecule is N=C(N)NC(C(=O)O)c1ccc2oc(N(CN)c3ccccc3)nc2c1. The first-order valence-electron chi connectivity index (χ1n) is 7.76. The molecule has 9 heteroatoms. The molecule has 1 atom stereocenters. The zero-order valence-electron chi connectivity index (χ0n) is 13.7. The third kappa shape index (κ3) is 3.42. The van der Waals surface area contributed by atoms with Gasteiger partial charge < -0.3 is 26.3 Å². The highest BCUT2D eigenvalue weighted by Crippen LogP contribution is 2.29. The van der Waals surface area contributed by atoms with Crippen molar-refractivity contribution < 1.29 is 14.3 Å². The van der Waals surface area contributed by atoms with Crippen LogP contribution in [0.2, 0.25) is 0 Å². The lowest BCUT2D eigenvalue weighted by Crippen LogP contribution is -2.37. The number of guanidine groups is 1. The van der Waals surface area contributed by atoms with E-state index in [1.54, 1.807) is 23.1 Å². The lowest BCUT2D eigenvalue weighted by molar-refractivity contribution is -0.139. The van der Waals surface area contributed by atoms with Crippen LogP contribution in [0, 0.1) is 5.41 Å². The monoisotopic (exact) mass is 354 g/mol. The van der Waals surface area contributed by atoms with Gasteiger partial charge in [0.25, 0.3) is 0 Å². The van der Waals surface area contributed by atoms with Gasteiger partial charge in [0.15, 0.2) is 17.6 Å². The van der Waals surface area contributed by atoms with Crippen LogP contribution in [0.25, 0.3) is 11.1 Å². The number of hydrogen-bond acceptors (Lipinski definition) is 6. The summed E-state index contributed by atoms with van der Waals surface area (Å²) in [5, 5.41) is 19.0. The van der Waals surface area contributed by atoms with Gasteiger partial charge in [-0.25, -0.2) is 4.79 Å². The molecule has 0 fully saturated rings. The lowest BCUT2D eigenvalue weighted by Gasteiger charge is -2.17. The van der Waals surface area contributed by atoms with Crippen LogP contribution in [-0.4, -0.2) is 28.7 Å². The van der Waals surface area contributed by atoms with Crippen molar-refractivity contribution >= 4 is 34.7 Å². The number of fused-ring (bicyclic) bond motifs is 1. The number of benzene rings is 2. The smallest absolute Gasteiger partial charge is 0.330 e. The molecule has 0 spiro atoms. The van der Waals surface area contributed by atoms with Gasteiger partial charge in [-0.3, -0.25) is 10.3 Å². The van der Waals surface area contributed by atoms with Crippen LogP contribution < -0.4 is 21.7 Å². The molecule has 3 aromatic rings. The van der Waals surface area contributed by atoms with Crippen LogP contribution in [0.15, 0.2) is 52.9 Å². The van der Waals surface area contributed by atoms with Gasteiger partial charge in [0, 0.05) is 5.69 Å². The summed E-state index contributed by atoms with van der Waals surface area (Å²) in [6.07, 6.45) is 0. The number of carbonyl (C=O) groups is 1. The van der Waals surface area contributed by atoms with Crippen molar-refractivity contribution in [1.82, 2.24) is 10.3 Å². The molecule has 1 heterocycles. The van der Waals surface area contributed by atoms with Crippen LogP contribution in [0.5, 0.6) is 0 Å². The highest BCUT2D eigenvalue weighted by atomic mass is 16.4. The van der Waals surface area contributed by atoms with Gasteiger partial charge in [0.2, 0.25) is 0 Å². The number of aromatic nitrogens is 1. The first kappa shape index (κ1) is 17.2. The van der Waals surface area contributed by atoms with Crippen molar-refractivity contribution in [3.05, 3.63) is 54.1 Å². The molecule has 0 saturated heterocycles. The summed E-state index contributed by atoms with van der Waals surface area (Å²) < 4.78 is 5.75. The Morgan fingerprint density at radius 1 is 1.31 bits per heavy atom. The Bertz CT molecular complexity index is 940. The fraction of sp³-hybridized carbons (Fsp3) is 0.118. The van der Waals surface area contributed by atoms with Crippen molar-refractivity contribution in [2.24, 2.45) is 11.5 Å². The Balaban J connectivity index is 1.99. The van der Waals surface area contributed by atoms with Gasteiger partial charge in [-0.2, -0.15) is 4.98 Å². The molecule has 0 aliphatic heterocycles. The second-order valence-electron chi connectivity index (χ2n) is 5.50. The first-order chi connectivity index (χ1) is 12.5. The van der Waals surface area contributed by atoms with E-state index >= 15 is 0 Å². The largest absolute Gasteiger partial charge is 0.479 e. The number of nitrogens with two attached hydrogens (primary N) is 2. The Morgan fingerprint density at radius 3 is 2.65 bits per heavy atom. The maximum atomic E-state index is 11.4. The van der Waals surface area contributed by atoms with E-state index in [1.165, 1.54) is 0 Å². The van der Waals surface area contributed by atoms with E-state index in [0.29, 0.717) is 22.7 Å². The van der Waals surface area contributed by atoms with Crippen LogP contribution in [0.1, 0.15) is 11.6 Å². The fourth-order valence-corrected chi connectivity index (χ4v) is 2.57. The number of rotatable bonds is 6. The molecule has 1 unspecified atom stereocenters. The van der Waals surface area contributed by atoms with Gasteiger partial charge >= 0.3 is 12.0 Å². The van der Waals surface area contributed by atoms with Crippen molar-refractivity contribution in [2.75, 3.05) is 11.6 Å². The minimum atomic E-state index is -1.16. The quantitative estimate of drug-likeness (QED) is 0.253. The topological polar surface area (TPSA) is 154 Å². The number of nitrogens with zero attached hydrogens (tertiary/aromatic N) is 2. The number of para-hydroxylation sites is 1. The lowest BCUT2D eigenvalue weighted by atomic mass is 10.1. The number of oxazole rings is 1. The van der Waals surface area contributed by atoms with Crippen LogP contribution in [-0.2, 0) is 4.79 Å². The van der Waals surface area contributed by atoms with E-state index < -0.39 is 18.0 Å². The normalized spacial score (nSPS) is 11.9. The van der Waals surface area contributed by atoms with Crippen molar-refractivity contribution in [2.45, 2.75) is 6.04 Å². The maximum absolute atomic E-state index is 11.4. The van der Waals surface area contributed by atoms with Crippen LogP contribution in [0.3, 0.4) is 0 Å². The zero-order valence-corrected chi connectivity index (χ0v) is 13.7. The van der Waals surface area contributed by atoms with E-state index in [2.05, 4.69) is 10.3 Å². The van der Waals surface area contributed by atoms with E-state index in [-0.39, 0.29) is 6.67 Å². The van der Waals surface area contributed by atoms with Gasteiger partial charge in [-0.05, 0) is 29.8 Å². The molecule has 2 aromatic carbocycles. The Kier molecular flexibility index (Phi) is 4.72. The highest BCUT2D eigenvalue weighted by molar-refractivity contribution is 5.85. The van der Waals surface area contributed by atoms with Crippen molar-refractivity contribution in [1.29, 1.82) is 5.41 Å². The second kappa shape index (κ2) is 7.11. The Morgan fingerprint density at radius 2 is 2.04 bits per heavy atom. The molecule has 0 bridgehead atoms. The zero-order chi connectivity index (χ0) is 18.7. The van der Waals surface area contributed by atoms with Gasteiger partial charge in [-0.1, -0.05) is 24.3 Å². The molecule has 0 saturated carbocycles. The van der Waals surface area contributed by atoms with Gasteiger partial charge in [0.1, 0.15) is 5.52 Å². The first-order valence-corrected chi connectivity index (χ1v) is 7.76. The highest BCUT2D eigenvalue weighted by Gasteiger charge is 2.22. The molecule has 26 heavy (non-hydrogen) atoms. The molecule has 3 rings (SSSR count). The summed E-state index contributed by atoms with van der Waals surface area (Å²) in [5.74, 6) is -1.59. The predicted molar refractivity (Wildman–Crippen MR) is 97.1 cm³/mol. The number of anilines is 2. The summed E-state index contributed by atoms with van der Waals surface area (Å²) in [6.45, 7) is 0.160. The van der Waals surface area contributed by atoms with E-state index in [9.17, 15) is 9.90 Å². The number of aliphatic carboxylic acids is 1. The Labute approximate surface area is 148 Å². The van der Waals surface area contributed by atoms with Gasteiger partial charge in [-0.15, -0.1) is 0 Å². The standard InChI is InChI=1S/C17H18N6O3/c18-9-23(11-4-2-1-3-5-11)17-21-12-8-10(6-7-13(12)26-17)14(15(24)25)22-16(19)20/h1-8,14H,9,18H2,(H,24,25)(H4,19,20,22). The average molecular weight is 354 g/mol. The molecule has 0 amide bonds. The summed E-state index contributed by atoms with van der Waals surface area (Å²) in [6, 6.07) is 13.3. The van der Waals surface area contributed by atoms with Crippen LogP contribution >= 0.6 is 0 Å². The van der Waals surface area contributed by atoms with Gasteiger partial charge in [0.05, 0.1) is 6.67 Å². The Hall–Kier alpha value is -3.59. The van der Waals surface area contributed by atoms with Crippen molar-refractivity contribution in [3.8, 4) is 0 Å².